The van der Waals surface area contributed by atoms with Gasteiger partial charge in [-0.05, 0) is 23.3 Å². The van der Waals surface area contributed by atoms with Crippen LogP contribution in [0, 0.1) is 0 Å². The van der Waals surface area contributed by atoms with Crippen molar-refractivity contribution in [3.8, 4) is 23.0 Å². The molecule has 0 atom stereocenters. The van der Waals surface area contributed by atoms with Gasteiger partial charge in [-0.15, -0.1) is 0 Å². The number of aromatic nitrogens is 1. The van der Waals surface area contributed by atoms with E-state index >= 15 is 0 Å². The Bertz CT molecular complexity index is 740. The molecule has 0 saturated heterocycles. The summed E-state index contributed by atoms with van der Waals surface area (Å²) in [6.07, 6.45) is 1.38. The molecule has 1 N–H and O–H groups in total. The van der Waals surface area contributed by atoms with Crippen molar-refractivity contribution >= 4 is 11.6 Å². The van der Waals surface area contributed by atoms with E-state index in [2.05, 4.69) is 4.98 Å². The summed E-state index contributed by atoms with van der Waals surface area (Å²) in [6.45, 7) is -0.201. The summed E-state index contributed by atoms with van der Waals surface area (Å²) in [7, 11) is 0. The molecule has 0 saturated carbocycles. The first-order chi connectivity index (χ1) is 10.3. The minimum Gasteiger partial charge on any atom is -0.417 e. The van der Waals surface area contributed by atoms with Crippen LogP contribution >= 0.6 is 11.6 Å². The number of aliphatic hydroxyl groups excluding tert-OH is 1. The van der Waals surface area contributed by atoms with Crippen LogP contribution in [0.3, 0.4) is 0 Å². The second kappa shape index (κ2) is 5.99. The number of aliphatic hydroxyl groups is 1. The third-order valence-electron chi connectivity index (χ3n) is 2.93. The van der Waals surface area contributed by atoms with Crippen LogP contribution in [0.4, 0.5) is 0 Å². The van der Waals surface area contributed by atoms with Gasteiger partial charge < -0.3 is 14.3 Å². The third-order valence-corrected chi connectivity index (χ3v) is 3.22. The standard InChI is InChI=1S/C16H12ClNO3/c17-14-8-12(11-4-2-1-3-5-11)6-7-15(14)21-16-18-13(9-19)10-20-16/h1-8,10,19H,9H2. The predicted molar refractivity (Wildman–Crippen MR) is 79.4 cm³/mol. The molecule has 21 heavy (non-hydrogen) atoms. The molecule has 0 unspecified atom stereocenters. The molecule has 106 valence electrons. The molecule has 3 rings (SSSR count). The molecule has 3 aromatic rings. The second-order valence-corrected chi connectivity index (χ2v) is 4.78. The van der Waals surface area contributed by atoms with E-state index < -0.39 is 0 Å². The number of nitrogens with zero attached hydrogens (tertiary/aromatic N) is 1. The van der Waals surface area contributed by atoms with Gasteiger partial charge in [-0.2, -0.15) is 4.98 Å². The summed E-state index contributed by atoms with van der Waals surface area (Å²) >= 11 is 6.23. The van der Waals surface area contributed by atoms with E-state index in [4.69, 9.17) is 25.9 Å². The number of hydrogen-bond acceptors (Lipinski definition) is 4. The van der Waals surface area contributed by atoms with Crippen LogP contribution in [0.15, 0.2) is 59.2 Å². The molecular formula is C16H12ClNO3. The zero-order valence-electron chi connectivity index (χ0n) is 11.0. The van der Waals surface area contributed by atoms with Gasteiger partial charge in [-0.1, -0.05) is 48.0 Å². The van der Waals surface area contributed by atoms with Crippen molar-refractivity contribution in [1.29, 1.82) is 0 Å². The van der Waals surface area contributed by atoms with Crippen molar-refractivity contribution in [1.82, 2.24) is 4.98 Å². The molecule has 0 amide bonds. The molecular weight excluding hydrogens is 290 g/mol. The van der Waals surface area contributed by atoms with Crippen molar-refractivity contribution < 1.29 is 14.3 Å². The number of ether oxygens (including phenoxy) is 1. The Morgan fingerprint density at radius 1 is 1.10 bits per heavy atom. The number of benzene rings is 2. The lowest BCUT2D eigenvalue weighted by molar-refractivity contribution is 0.276. The molecule has 1 heterocycles. The fourth-order valence-electron chi connectivity index (χ4n) is 1.90. The highest BCUT2D eigenvalue weighted by Gasteiger charge is 2.10. The predicted octanol–water partition coefficient (Wildman–Crippen LogP) is 4.28. The Morgan fingerprint density at radius 3 is 2.57 bits per heavy atom. The molecule has 0 aliphatic rings. The van der Waals surface area contributed by atoms with Gasteiger partial charge in [0.25, 0.3) is 0 Å². The van der Waals surface area contributed by atoms with E-state index in [1.165, 1.54) is 6.26 Å². The van der Waals surface area contributed by atoms with E-state index in [0.29, 0.717) is 16.5 Å². The average molecular weight is 302 g/mol. The van der Waals surface area contributed by atoms with E-state index in [0.717, 1.165) is 11.1 Å². The first-order valence-corrected chi connectivity index (χ1v) is 6.72. The highest BCUT2D eigenvalue weighted by Crippen LogP contribution is 2.33. The summed E-state index contributed by atoms with van der Waals surface area (Å²) in [5.74, 6) is 0.447. The second-order valence-electron chi connectivity index (χ2n) is 4.38. The molecule has 0 fully saturated rings. The van der Waals surface area contributed by atoms with E-state index in [1.54, 1.807) is 6.07 Å². The highest BCUT2D eigenvalue weighted by molar-refractivity contribution is 6.32. The van der Waals surface area contributed by atoms with E-state index in [9.17, 15) is 0 Å². The summed E-state index contributed by atoms with van der Waals surface area (Å²) in [5, 5.41) is 9.39. The van der Waals surface area contributed by atoms with E-state index in [1.807, 2.05) is 42.5 Å². The lowest BCUT2D eigenvalue weighted by Gasteiger charge is -2.06. The highest BCUT2D eigenvalue weighted by atomic mass is 35.5. The van der Waals surface area contributed by atoms with Gasteiger partial charge in [0.05, 0.1) is 11.6 Å². The van der Waals surface area contributed by atoms with Gasteiger partial charge in [0.15, 0.2) is 5.75 Å². The topological polar surface area (TPSA) is 55.5 Å². The maximum Gasteiger partial charge on any atom is 0.399 e. The third kappa shape index (κ3) is 3.07. The van der Waals surface area contributed by atoms with Crippen LogP contribution in [0.2, 0.25) is 5.02 Å². The number of oxazole rings is 1. The van der Waals surface area contributed by atoms with Gasteiger partial charge in [-0.3, -0.25) is 0 Å². The lowest BCUT2D eigenvalue weighted by atomic mass is 10.1. The number of hydrogen-bond donors (Lipinski definition) is 1. The zero-order valence-corrected chi connectivity index (χ0v) is 11.7. The average Bonchev–Trinajstić information content (AvgIpc) is 2.98. The summed E-state index contributed by atoms with van der Waals surface area (Å²) < 4.78 is 10.5. The van der Waals surface area contributed by atoms with Crippen molar-refractivity contribution in [2.24, 2.45) is 0 Å². The maximum atomic E-state index is 8.93. The van der Waals surface area contributed by atoms with Crippen LogP contribution in [0.5, 0.6) is 11.8 Å². The zero-order chi connectivity index (χ0) is 14.7. The smallest absolute Gasteiger partial charge is 0.399 e. The van der Waals surface area contributed by atoms with Crippen LogP contribution in [-0.2, 0) is 6.61 Å². The Hall–Kier alpha value is -2.30. The van der Waals surface area contributed by atoms with Crippen molar-refractivity contribution in [2.75, 3.05) is 0 Å². The minimum atomic E-state index is -0.201. The fourth-order valence-corrected chi connectivity index (χ4v) is 2.11. The molecule has 2 aromatic carbocycles. The van der Waals surface area contributed by atoms with E-state index in [-0.39, 0.29) is 12.7 Å². The van der Waals surface area contributed by atoms with Gasteiger partial charge in [0.1, 0.15) is 12.0 Å². The first-order valence-electron chi connectivity index (χ1n) is 6.34. The van der Waals surface area contributed by atoms with Gasteiger partial charge in [-0.25, -0.2) is 0 Å². The summed E-state index contributed by atoms with van der Waals surface area (Å²) in [4.78, 5) is 3.95. The van der Waals surface area contributed by atoms with Crippen LogP contribution in [0.1, 0.15) is 5.69 Å². The Labute approximate surface area is 126 Å². The van der Waals surface area contributed by atoms with Gasteiger partial charge in [0, 0.05) is 0 Å². The molecule has 0 aliphatic heterocycles. The van der Waals surface area contributed by atoms with Crippen LogP contribution in [0.25, 0.3) is 11.1 Å². The molecule has 5 heteroatoms. The molecule has 0 spiro atoms. The van der Waals surface area contributed by atoms with Gasteiger partial charge in [0.2, 0.25) is 0 Å². The fraction of sp³-hybridized carbons (Fsp3) is 0.0625. The largest absolute Gasteiger partial charge is 0.417 e. The summed E-state index contributed by atoms with van der Waals surface area (Å²) in [6, 6.07) is 15.4. The quantitative estimate of drug-likeness (QED) is 0.781. The lowest BCUT2D eigenvalue weighted by Crippen LogP contribution is -1.88. The molecule has 0 bridgehead atoms. The Balaban J connectivity index is 1.84. The monoisotopic (exact) mass is 301 g/mol. The molecule has 0 radical (unpaired) electrons. The minimum absolute atomic E-state index is 0.0495. The molecule has 4 nitrogen and oxygen atoms in total. The van der Waals surface area contributed by atoms with Gasteiger partial charge >= 0.3 is 6.08 Å². The van der Waals surface area contributed by atoms with Crippen molar-refractivity contribution in [3.05, 3.63) is 65.5 Å². The normalized spacial score (nSPS) is 10.6. The number of rotatable bonds is 4. The van der Waals surface area contributed by atoms with Crippen molar-refractivity contribution in [3.63, 3.8) is 0 Å². The van der Waals surface area contributed by atoms with Crippen LogP contribution in [-0.4, -0.2) is 10.1 Å². The maximum absolute atomic E-state index is 8.93. The molecule has 1 aromatic heterocycles. The summed E-state index contributed by atoms with van der Waals surface area (Å²) in [5.41, 5.74) is 2.48. The molecule has 0 aliphatic carbocycles. The SMILES string of the molecule is OCc1coc(Oc2ccc(-c3ccccc3)cc2Cl)n1. The van der Waals surface area contributed by atoms with Crippen LogP contribution < -0.4 is 4.74 Å². The first kappa shape index (κ1) is 13.7. The Kier molecular flexibility index (Phi) is 3.90. The number of halogens is 1. The Morgan fingerprint density at radius 2 is 1.90 bits per heavy atom. The van der Waals surface area contributed by atoms with Crippen molar-refractivity contribution in [2.45, 2.75) is 6.61 Å².